The van der Waals surface area contributed by atoms with Crippen LogP contribution in [0.1, 0.15) is 57.1 Å². The van der Waals surface area contributed by atoms with Gasteiger partial charge >= 0.3 is 12.1 Å². The average molecular weight is 479 g/mol. The lowest BCUT2D eigenvalue weighted by atomic mass is 9.88. The molecule has 35 heavy (non-hydrogen) atoms. The fourth-order valence-corrected chi connectivity index (χ4v) is 4.77. The van der Waals surface area contributed by atoms with Gasteiger partial charge in [-0.05, 0) is 52.8 Å². The number of ether oxygens (including phenoxy) is 1. The summed E-state index contributed by atoms with van der Waals surface area (Å²) in [5.41, 5.74) is 4.64. The summed E-state index contributed by atoms with van der Waals surface area (Å²) < 4.78 is 5.55. The van der Waals surface area contributed by atoms with Crippen molar-refractivity contribution in [3.8, 4) is 11.1 Å². The summed E-state index contributed by atoms with van der Waals surface area (Å²) in [5, 5.41) is 14.9. The summed E-state index contributed by atoms with van der Waals surface area (Å²) in [7, 11) is 0. The van der Waals surface area contributed by atoms with Crippen molar-refractivity contribution in [2.75, 3.05) is 13.2 Å². The van der Waals surface area contributed by atoms with Crippen LogP contribution in [-0.4, -0.2) is 42.3 Å². The molecule has 0 saturated heterocycles. The van der Waals surface area contributed by atoms with Crippen LogP contribution >= 0.6 is 0 Å². The predicted molar refractivity (Wildman–Crippen MR) is 133 cm³/mol. The van der Waals surface area contributed by atoms with Crippen LogP contribution in [0.15, 0.2) is 48.5 Å². The second-order valence-electron chi connectivity index (χ2n) is 10.8. The van der Waals surface area contributed by atoms with E-state index in [1.54, 1.807) is 0 Å². The van der Waals surface area contributed by atoms with Gasteiger partial charge in [0, 0.05) is 18.4 Å². The van der Waals surface area contributed by atoms with Crippen LogP contribution in [0.2, 0.25) is 0 Å². The molecule has 4 rings (SSSR count). The van der Waals surface area contributed by atoms with Gasteiger partial charge in [0.25, 0.3) is 0 Å². The SMILES string of the molecule is CC(C)(C)CCC(NC(=O)[C@@H]1C[C@@H]1CNC(=O)OCC1c2ccccc2-c2ccccc21)C(=O)O. The molecule has 7 nitrogen and oxygen atoms in total. The van der Waals surface area contributed by atoms with Gasteiger partial charge in [-0.3, -0.25) is 4.79 Å². The molecule has 1 unspecified atom stereocenters. The van der Waals surface area contributed by atoms with Crippen molar-refractivity contribution in [1.29, 1.82) is 0 Å². The van der Waals surface area contributed by atoms with E-state index in [4.69, 9.17) is 4.74 Å². The molecule has 3 N–H and O–H groups in total. The van der Waals surface area contributed by atoms with E-state index in [1.807, 2.05) is 45.0 Å². The fourth-order valence-electron chi connectivity index (χ4n) is 4.77. The van der Waals surface area contributed by atoms with Crippen LogP contribution in [0.3, 0.4) is 0 Å². The molecule has 0 radical (unpaired) electrons. The molecule has 2 aliphatic carbocycles. The number of rotatable bonds is 9. The van der Waals surface area contributed by atoms with Crippen molar-refractivity contribution in [1.82, 2.24) is 10.6 Å². The Labute approximate surface area is 206 Å². The first kappa shape index (κ1) is 24.8. The number of alkyl carbamates (subject to hydrolysis) is 1. The largest absolute Gasteiger partial charge is 0.480 e. The molecule has 186 valence electrons. The first-order chi connectivity index (χ1) is 16.6. The number of hydrogen-bond acceptors (Lipinski definition) is 4. The van der Waals surface area contributed by atoms with Gasteiger partial charge in [0.15, 0.2) is 0 Å². The number of carboxylic acid groups (broad SMARTS) is 1. The van der Waals surface area contributed by atoms with Crippen molar-refractivity contribution >= 4 is 18.0 Å². The molecule has 0 aliphatic heterocycles. The number of amides is 2. The Hall–Kier alpha value is -3.35. The van der Waals surface area contributed by atoms with Gasteiger partial charge in [-0.15, -0.1) is 0 Å². The Morgan fingerprint density at radius 2 is 1.63 bits per heavy atom. The third kappa shape index (κ3) is 6.02. The lowest BCUT2D eigenvalue weighted by Gasteiger charge is -2.21. The summed E-state index contributed by atoms with van der Waals surface area (Å²) in [5.74, 6) is -1.57. The summed E-state index contributed by atoms with van der Waals surface area (Å²) in [6.07, 6.45) is 1.20. The Balaban J connectivity index is 1.23. The van der Waals surface area contributed by atoms with Gasteiger partial charge < -0.3 is 20.5 Å². The van der Waals surface area contributed by atoms with Gasteiger partial charge in [0.2, 0.25) is 5.91 Å². The van der Waals surface area contributed by atoms with Crippen LogP contribution in [0.4, 0.5) is 4.79 Å². The molecule has 1 fully saturated rings. The van der Waals surface area contributed by atoms with Crippen LogP contribution in [0.5, 0.6) is 0 Å². The van der Waals surface area contributed by atoms with Gasteiger partial charge in [-0.25, -0.2) is 9.59 Å². The summed E-state index contributed by atoms with van der Waals surface area (Å²) in [4.78, 5) is 36.4. The lowest BCUT2D eigenvalue weighted by molar-refractivity contribution is -0.142. The maximum absolute atomic E-state index is 12.5. The van der Waals surface area contributed by atoms with Gasteiger partial charge in [0.05, 0.1) is 0 Å². The standard InChI is InChI=1S/C28H34N2O5/c1-28(2,3)13-12-24(26(32)33)30-25(31)22-14-17(22)15-29-27(34)35-16-23-20-10-6-4-8-18(20)19-9-5-7-11-21(19)23/h4-11,17,22-24H,12-16H2,1-3H3,(H,29,34)(H,30,31)(H,32,33)/t17-,22-,24?/m1/s1. The number of carbonyl (C=O) groups excluding carboxylic acids is 2. The third-order valence-electron chi connectivity index (χ3n) is 6.91. The van der Waals surface area contributed by atoms with E-state index < -0.39 is 18.1 Å². The molecule has 0 aromatic heterocycles. The van der Waals surface area contributed by atoms with Crippen molar-refractivity contribution in [2.24, 2.45) is 17.3 Å². The van der Waals surface area contributed by atoms with E-state index >= 15 is 0 Å². The zero-order chi connectivity index (χ0) is 25.2. The van der Waals surface area contributed by atoms with Crippen molar-refractivity contribution in [3.63, 3.8) is 0 Å². The second kappa shape index (κ2) is 10.1. The Kier molecular flexibility index (Phi) is 7.15. The van der Waals surface area contributed by atoms with Crippen LogP contribution in [0, 0.1) is 17.3 Å². The van der Waals surface area contributed by atoms with E-state index in [0.717, 1.165) is 11.1 Å². The molecule has 2 amide bonds. The highest BCUT2D eigenvalue weighted by Crippen LogP contribution is 2.44. The normalized spacial score (nSPS) is 19.3. The zero-order valence-electron chi connectivity index (χ0n) is 20.5. The van der Waals surface area contributed by atoms with E-state index in [-0.39, 0.29) is 35.7 Å². The first-order valence-corrected chi connectivity index (χ1v) is 12.3. The summed E-state index contributed by atoms with van der Waals surface area (Å²) in [6.45, 7) is 6.69. The van der Waals surface area contributed by atoms with Gasteiger partial charge in [-0.1, -0.05) is 69.3 Å². The monoisotopic (exact) mass is 478 g/mol. The fraction of sp³-hybridized carbons (Fsp3) is 0.464. The number of aliphatic carboxylic acids is 1. The van der Waals surface area contributed by atoms with Crippen molar-refractivity contribution < 1.29 is 24.2 Å². The molecule has 0 spiro atoms. The average Bonchev–Trinajstić information content (AvgIpc) is 3.53. The maximum atomic E-state index is 12.5. The molecule has 0 bridgehead atoms. The highest BCUT2D eigenvalue weighted by Gasteiger charge is 2.44. The highest BCUT2D eigenvalue weighted by atomic mass is 16.5. The number of carbonyl (C=O) groups is 3. The number of carboxylic acids is 1. The quantitative estimate of drug-likeness (QED) is 0.490. The number of fused-ring (bicyclic) bond motifs is 3. The minimum atomic E-state index is -1.02. The lowest BCUT2D eigenvalue weighted by Crippen LogP contribution is -2.42. The smallest absolute Gasteiger partial charge is 0.407 e. The Morgan fingerprint density at radius 3 is 2.20 bits per heavy atom. The minimum Gasteiger partial charge on any atom is -0.480 e. The predicted octanol–water partition coefficient (Wildman–Crippen LogP) is 4.56. The van der Waals surface area contributed by atoms with E-state index in [9.17, 15) is 19.5 Å². The molecular weight excluding hydrogens is 444 g/mol. The van der Waals surface area contributed by atoms with Crippen molar-refractivity contribution in [2.45, 2.75) is 52.0 Å². The molecule has 1 saturated carbocycles. The van der Waals surface area contributed by atoms with Crippen molar-refractivity contribution in [3.05, 3.63) is 59.7 Å². The molecule has 3 atom stereocenters. The number of benzene rings is 2. The molecule has 7 heteroatoms. The van der Waals surface area contributed by atoms with E-state index in [1.165, 1.54) is 11.1 Å². The first-order valence-electron chi connectivity index (χ1n) is 12.3. The summed E-state index contributed by atoms with van der Waals surface area (Å²) >= 11 is 0. The molecule has 2 aromatic carbocycles. The van der Waals surface area contributed by atoms with Gasteiger partial charge in [-0.2, -0.15) is 0 Å². The van der Waals surface area contributed by atoms with Crippen LogP contribution in [0.25, 0.3) is 11.1 Å². The van der Waals surface area contributed by atoms with Crippen LogP contribution < -0.4 is 10.6 Å². The summed E-state index contributed by atoms with van der Waals surface area (Å²) in [6, 6.07) is 15.4. The third-order valence-corrected chi connectivity index (χ3v) is 6.91. The second-order valence-corrected chi connectivity index (χ2v) is 10.8. The molecule has 2 aliphatic rings. The van der Waals surface area contributed by atoms with Gasteiger partial charge in [0.1, 0.15) is 12.6 Å². The molecule has 2 aromatic rings. The number of nitrogens with one attached hydrogen (secondary N) is 2. The topological polar surface area (TPSA) is 105 Å². The Bertz CT molecular complexity index is 1060. The van der Waals surface area contributed by atoms with E-state index in [0.29, 0.717) is 25.8 Å². The molecular formula is C28H34N2O5. The highest BCUT2D eigenvalue weighted by molar-refractivity contribution is 5.86. The maximum Gasteiger partial charge on any atom is 0.407 e. The van der Waals surface area contributed by atoms with E-state index in [2.05, 4.69) is 34.9 Å². The number of hydrogen-bond donors (Lipinski definition) is 3. The molecule has 0 heterocycles. The zero-order valence-corrected chi connectivity index (χ0v) is 20.5. The van der Waals surface area contributed by atoms with Crippen LogP contribution in [-0.2, 0) is 14.3 Å². The minimum absolute atomic E-state index is 0.00588. The Morgan fingerprint density at radius 1 is 1.03 bits per heavy atom.